The van der Waals surface area contributed by atoms with Crippen molar-refractivity contribution in [3.05, 3.63) is 11.2 Å². The van der Waals surface area contributed by atoms with Gasteiger partial charge in [0.25, 0.3) is 0 Å². The summed E-state index contributed by atoms with van der Waals surface area (Å²) in [5.74, 6) is 0.895. The van der Waals surface area contributed by atoms with Gasteiger partial charge in [0.1, 0.15) is 11.0 Å². The second kappa shape index (κ2) is 8.51. The number of halogens is 1. The molecule has 3 fully saturated rings. The molecule has 27 heavy (non-hydrogen) atoms. The Kier molecular flexibility index (Phi) is 6.06. The van der Waals surface area contributed by atoms with Gasteiger partial charge >= 0.3 is 0 Å². The van der Waals surface area contributed by atoms with Gasteiger partial charge in [-0.3, -0.25) is 4.79 Å². The van der Waals surface area contributed by atoms with Crippen LogP contribution in [0.1, 0.15) is 32.1 Å². The zero-order valence-electron chi connectivity index (χ0n) is 15.4. The number of hydrogen-bond donors (Lipinski definition) is 0. The zero-order chi connectivity index (χ0) is 18.7. The third-order valence-corrected chi connectivity index (χ3v) is 6.38. The summed E-state index contributed by atoms with van der Waals surface area (Å²) in [4.78, 5) is 25.4. The van der Waals surface area contributed by atoms with Crippen LogP contribution in [0, 0.1) is 0 Å². The first-order chi connectivity index (χ1) is 13.1. The van der Waals surface area contributed by atoms with Crippen LogP contribution in [0.5, 0.6) is 0 Å². The van der Waals surface area contributed by atoms with E-state index in [0.29, 0.717) is 29.3 Å². The van der Waals surface area contributed by atoms with Crippen LogP contribution >= 0.6 is 23.4 Å². The molecule has 4 rings (SSSR count). The molecule has 1 spiro atoms. The number of likely N-dealkylation sites (tertiary alicyclic amines) is 1. The number of carbonyl (C=O) groups excluding carboxylic acids is 1. The Balaban J connectivity index is 1.36. The number of anilines is 1. The topological polar surface area (TPSA) is 67.8 Å². The number of amides is 1. The minimum Gasteiger partial charge on any atom is -0.356 e. The van der Waals surface area contributed by atoms with Crippen molar-refractivity contribution in [1.29, 1.82) is 0 Å². The highest BCUT2D eigenvalue weighted by Gasteiger charge is 2.40. The average Bonchev–Trinajstić information content (AvgIpc) is 3.15. The van der Waals surface area contributed by atoms with Crippen molar-refractivity contribution >= 4 is 35.1 Å². The molecule has 0 unspecified atom stereocenters. The van der Waals surface area contributed by atoms with E-state index in [1.54, 1.807) is 6.07 Å². The molecule has 0 N–H and O–H groups in total. The Morgan fingerprint density at radius 2 is 1.81 bits per heavy atom. The van der Waals surface area contributed by atoms with E-state index in [1.165, 1.54) is 18.2 Å². The van der Waals surface area contributed by atoms with Gasteiger partial charge in [-0.25, -0.2) is 9.97 Å². The average molecular weight is 413 g/mol. The number of aromatic nitrogens is 2. The number of nitrogens with zero attached hydrogens (tertiary/aromatic N) is 4. The normalized spacial score (nSPS) is 22.4. The molecular weight excluding hydrogens is 388 g/mol. The second-order valence-electron chi connectivity index (χ2n) is 7.16. The van der Waals surface area contributed by atoms with Crippen molar-refractivity contribution in [3.8, 4) is 0 Å². The first-order valence-corrected chi connectivity index (χ1v) is 11.0. The van der Waals surface area contributed by atoms with Crippen molar-refractivity contribution < 1.29 is 14.3 Å². The number of piperidine rings is 2. The molecule has 3 saturated heterocycles. The molecule has 9 heteroatoms. The van der Waals surface area contributed by atoms with E-state index in [0.717, 1.165) is 57.7 Å². The third kappa shape index (κ3) is 4.67. The fourth-order valence-electron chi connectivity index (χ4n) is 3.84. The molecular formula is C18H25ClN4O3S. The molecule has 0 aliphatic carbocycles. The van der Waals surface area contributed by atoms with Crippen molar-refractivity contribution in [2.24, 2.45) is 0 Å². The van der Waals surface area contributed by atoms with E-state index in [4.69, 9.17) is 21.1 Å². The van der Waals surface area contributed by atoms with Gasteiger partial charge in [0, 0.05) is 45.1 Å². The Hall–Kier alpha value is -1.09. The van der Waals surface area contributed by atoms with Crippen LogP contribution in [0.4, 0.5) is 5.82 Å². The molecule has 1 aromatic rings. The highest BCUT2D eigenvalue weighted by atomic mass is 35.5. The Labute approximate surface area is 168 Å². The van der Waals surface area contributed by atoms with Crippen LogP contribution in [0.3, 0.4) is 0 Å². The number of rotatable bonds is 4. The molecule has 148 valence electrons. The first kappa shape index (κ1) is 19.2. The quantitative estimate of drug-likeness (QED) is 0.427. The van der Waals surface area contributed by atoms with E-state index in [1.807, 2.05) is 4.90 Å². The molecule has 0 radical (unpaired) electrons. The van der Waals surface area contributed by atoms with Gasteiger partial charge in [-0.05, 0) is 19.3 Å². The Morgan fingerprint density at radius 3 is 2.52 bits per heavy atom. The zero-order valence-corrected chi connectivity index (χ0v) is 16.9. The molecule has 4 heterocycles. The summed E-state index contributed by atoms with van der Waals surface area (Å²) < 4.78 is 11.6. The number of ether oxygens (including phenoxy) is 2. The lowest BCUT2D eigenvalue weighted by Gasteiger charge is -2.38. The summed E-state index contributed by atoms with van der Waals surface area (Å²) in [5, 5.41) is 0.957. The monoisotopic (exact) mass is 412 g/mol. The summed E-state index contributed by atoms with van der Waals surface area (Å²) in [6.07, 6.45) is 5.02. The fourth-order valence-corrected chi connectivity index (χ4v) is 4.82. The van der Waals surface area contributed by atoms with Crippen molar-refractivity contribution in [2.75, 3.05) is 50.0 Å². The maximum absolute atomic E-state index is 12.4. The standard InChI is InChI=1S/C18H25ClN4O3S/c19-14-12-15(22-8-4-18(5-9-22)25-10-11-26-18)21-17(20-14)27-13-16(24)23-6-2-1-3-7-23/h12H,1-11,13H2. The lowest BCUT2D eigenvalue weighted by atomic mass is 10.0. The molecule has 0 aromatic carbocycles. The van der Waals surface area contributed by atoms with Crippen LogP contribution in [-0.2, 0) is 14.3 Å². The lowest BCUT2D eigenvalue weighted by Crippen LogP contribution is -2.45. The largest absolute Gasteiger partial charge is 0.356 e. The smallest absolute Gasteiger partial charge is 0.233 e. The number of hydrogen-bond acceptors (Lipinski definition) is 7. The molecule has 3 aliphatic heterocycles. The molecule has 0 atom stereocenters. The Morgan fingerprint density at radius 1 is 1.11 bits per heavy atom. The van der Waals surface area contributed by atoms with E-state index in [-0.39, 0.29) is 5.91 Å². The van der Waals surface area contributed by atoms with Crippen molar-refractivity contribution in [1.82, 2.24) is 14.9 Å². The van der Waals surface area contributed by atoms with Gasteiger partial charge < -0.3 is 19.3 Å². The summed E-state index contributed by atoms with van der Waals surface area (Å²) in [5.41, 5.74) is 0. The van der Waals surface area contributed by atoms with Crippen LogP contribution in [0.2, 0.25) is 5.15 Å². The van der Waals surface area contributed by atoms with Gasteiger partial charge in [-0.15, -0.1) is 0 Å². The highest BCUT2D eigenvalue weighted by Crippen LogP contribution is 2.33. The third-order valence-electron chi connectivity index (χ3n) is 5.36. The summed E-state index contributed by atoms with van der Waals surface area (Å²) in [7, 11) is 0. The molecule has 3 aliphatic rings. The van der Waals surface area contributed by atoms with E-state index >= 15 is 0 Å². The predicted octanol–water partition coefficient (Wildman–Crippen LogP) is 2.58. The van der Waals surface area contributed by atoms with Gasteiger partial charge in [0.2, 0.25) is 5.91 Å². The maximum atomic E-state index is 12.4. The van der Waals surface area contributed by atoms with Crippen LogP contribution < -0.4 is 4.90 Å². The van der Waals surface area contributed by atoms with Gasteiger partial charge in [0.15, 0.2) is 10.9 Å². The first-order valence-electron chi connectivity index (χ1n) is 9.62. The lowest BCUT2D eigenvalue weighted by molar-refractivity contribution is -0.169. The van der Waals surface area contributed by atoms with Crippen LogP contribution in [0.15, 0.2) is 11.2 Å². The molecule has 7 nitrogen and oxygen atoms in total. The summed E-state index contributed by atoms with van der Waals surface area (Å²) >= 11 is 7.58. The van der Waals surface area contributed by atoms with Crippen LogP contribution in [0.25, 0.3) is 0 Å². The molecule has 0 bridgehead atoms. The van der Waals surface area contributed by atoms with Crippen molar-refractivity contribution in [2.45, 2.75) is 43.0 Å². The highest BCUT2D eigenvalue weighted by molar-refractivity contribution is 7.99. The minimum atomic E-state index is -0.411. The van der Waals surface area contributed by atoms with Gasteiger partial charge in [-0.2, -0.15) is 0 Å². The van der Waals surface area contributed by atoms with E-state index in [9.17, 15) is 4.79 Å². The maximum Gasteiger partial charge on any atom is 0.233 e. The molecule has 1 aromatic heterocycles. The van der Waals surface area contributed by atoms with Gasteiger partial charge in [-0.1, -0.05) is 23.4 Å². The summed E-state index contributed by atoms with van der Waals surface area (Å²) in [6, 6.07) is 1.78. The minimum absolute atomic E-state index is 0.153. The van der Waals surface area contributed by atoms with Gasteiger partial charge in [0.05, 0.1) is 19.0 Å². The predicted molar refractivity (Wildman–Crippen MR) is 104 cm³/mol. The summed E-state index contributed by atoms with van der Waals surface area (Å²) in [6.45, 7) is 4.66. The molecule has 0 saturated carbocycles. The molecule has 1 amide bonds. The van der Waals surface area contributed by atoms with E-state index < -0.39 is 5.79 Å². The number of thioether (sulfide) groups is 1. The SMILES string of the molecule is O=C(CSc1nc(Cl)cc(N2CCC3(CC2)OCCO3)n1)N1CCCCC1. The second-order valence-corrected chi connectivity index (χ2v) is 8.49. The number of carbonyl (C=O) groups is 1. The van der Waals surface area contributed by atoms with Crippen molar-refractivity contribution in [3.63, 3.8) is 0 Å². The Bertz CT molecular complexity index is 671. The van der Waals surface area contributed by atoms with Crippen LogP contribution in [-0.4, -0.2) is 71.7 Å². The fraction of sp³-hybridized carbons (Fsp3) is 0.722. The van der Waals surface area contributed by atoms with E-state index in [2.05, 4.69) is 14.9 Å².